The molecule has 0 spiro atoms. The Morgan fingerprint density at radius 1 is 1.00 bits per heavy atom. The minimum atomic E-state index is -1.12. The molecule has 1 aliphatic heterocycles. The van der Waals surface area contributed by atoms with E-state index >= 15 is 0 Å². The topological polar surface area (TPSA) is 106 Å². The van der Waals surface area contributed by atoms with Crippen molar-refractivity contribution in [1.82, 2.24) is 4.98 Å². The molecule has 1 unspecified atom stereocenters. The van der Waals surface area contributed by atoms with E-state index < -0.39 is 29.8 Å². The fourth-order valence-corrected chi connectivity index (χ4v) is 3.27. The van der Waals surface area contributed by atoms with E-state index in [4.69, 9.17) is 16.3 Å². The van der Waals surface area contributed by atoms with Crippen LogP contribution >= 0.6 is 11.6 Å². The first kappa shape index (κ1) is 21.2. The van der Waals surface area contributed by atoms with E-state index in [9.17, 15) is 19.2 Å². The van der Waals surface area contributed by atoms with Crippen molar-refractivity contribution in [2.75, 3.05) is 10.2 Å². The highest BCUT2D eigenvalue weighted by Crippen LogP contribution is 2.29. The summed E-state index contributed by atoms with van der Waals surface area (Å²) in [6, 6.07) is 15.5. The lowest BCUT2D eigenvalue weighted by molar-refractivity contribution is -0.123. The number of nitrogens with zero attached hydrogens (tertiary/aromatic N) is 2. The molecule has 0 fully saturated rings. The van der Waals surface area contributed by atoms with E-state index in [1.807, 2.05) is 0 Å². The number of hydrogen-bond donors (Lipinski definition) is 1. The van der Waals surface area contributed by atoms with Crippen LogP contribution in [0.4, 0.5) is 11.5 Å². The summed E-state index contributed by atoms with van der Waals surface area (Å²) in [7, 11) is 0. The molecule has 0 saturated carbocycles. The Kier molecular flexibility index (Phi) is 5.70. The Balaban J connectivity index is 1.47. The van der Waals surface area contributed by atoms with E-state index in [-0.39, 0.29) is 17.1 Å². The first-order chi connectivity index (χ1) is 15.3. The lowest BCUT2D eigenvalue weighted by Crippen LogP contribution is -2.31. The molecule has 8 nitrogen and oxygen atoms in total. The van der Waals surface area contributed by atoms with Gasteiger partial charge >= 0.3 is 5.97 Å². The number of nitrogens with one attached hydrogen (secondary N) is 1. The van der Waals surface area contributed by atoms with Gasteiger partial charge < -0.3 is 10.1 Å². The fourth-order valence-electron chi connectivity index (χ4n) is 3.16. The van der Waals surface area contributed by atoms with Crippen LogP contribution in [0.2, 0.25) is 5.02 Å². The maximum absolute atomic E-state index is 12.7. The van der Waals surface area contributed by atoms with Crippen LogP contribution in [0.25, 0.3) is 0 Å². The Hall–Kier alpha value is -4.04. The third-order valence-corrected chi connectivity index (χ3v) is 4.99. The van der Waals surface area contributed by atoms with E-state index in [0.717, 1.165) is 4.90 Å². The number of pyridine rings is 1. The lowest BCUT2D eigenvalue weighted by Gasteiger charge is -2.16. The molecule has 9 heteroatoms. The molecular formula is C23H16ClN3O5. The SMILES string of the molecule is CC(OC(=O)c1cccc(N2C(=O)c3ccccc3C2=O)c1)C(=O)Nc1ccc(Cl)cn1. The summed E-state index contributed by atoms with van der Waals surface area (Å²) in [5, 5.41) is 2.94. The number of hydrogen-bond acceptors (Lipinski definition) is 6. The Labute approximate surface area is 187 Å². The van der Waals surface area contributed by atoms with Crippen molar-refractivity contribution >= 4 is 46.8 Å². The number of ether oxygens (including phenoxy) is 1. The van der Waals surface area contributed by atoms with Crippen molar-refractivity contribution in [1.29, 1.82) is 0 Å². The standard InChI is InChI=1S/C23H16ClN3O5/c1-13(20(28)26-19-10-9-15(24)12-25-19)32-23(31)14-5-4-6-16(11-14)27-21(29)17-7-2-3-8-18(17)22(27)30/h2-13H,1H3,(H,25,26,28). The average molecular weight is 450 g/mol. The van der Waals surface area contributed by atoms with Gasteiger partial charge in [-0.25, -0.2) is 14.7 Å². The predicted molar refractivity (Wildman–Crippen MR) is 117 cm³/mol. The van der Waals surface area contributed by atoms with Crippen LogP contribution in [0.15, 0.2) is 66.9 Å². The number of halogens is 1. The zero-order chi connectivity index (χ0) is 22.8. The van der Waals surface area contributed by atoms with Gasteiger partial charge in [-0.2, -0.15) is 0 Å². The van der Waals surface area contributed by atoms with Crippen LogP contribution in [-0.2, 0) is 9.53 Å². The predicted octanol–water partition coefficient (Wildman–Crippen LogP) is 3.72. The van der Waals surface area contributed by atoms with Crippen LogP contribution in [-0.4, -0.2) is 34.8 Å². The number of esters is 1. The second-order valence-corrected chi connectivity index (χ2v) is 7.38. The zero-order valence-electron chi connectivity index (χ0n) is 16.7. The first-order valence-corrected chi connectivity index (χ1v) is 9.94. The number of amides is 3. The molecule has 1 aromatic heterocycles. The van der Waals surface area contributed by atoms with Crippen LogP contribution in [0.1, 0.15) is 38.0 Å². The second kappa shape index (κ2) is 8.60. The molecule has 2 aromatic carbocycles. The molecule has 0 saturated heterocycles. The molecule has 160 valence electrons. The minimum Gasteiger partial charge on any atom is -0.449 e. The Morgan fingerprint density at radius 2 is 1.69 bits per heavy atom. The third-order valence-electron chi connectivity index (χ3n) is 4.77. The minimum absolute atomic E-state index is 0.0864. The molecule has 0 radical (unpaired) electrons. The zero-order valence-corrected chi connectivity index (χ0v) is 17.5. The molecule has 1 aliphatic rings. The summed E-state index contributed by atoms with van der Waals surface area (Å²) < 4.78 is 5.23. The van der Waals surface area contributed by atoms with Crippen LogP contribution in [0.3, 0.4) is 0 Å². The van der Waals surface area contributed by atoms with Crippen molar-refractivity contribution in [2.24, 2.45) is 0 Å². The van der Waals surface area contributed by atoms with E-state index in [2.05, 4.69) is 10.3 Å². The highest BCUT2D eigenvalue weighted by atomic mass is 35.5. The molecule has 32 heavy (non-hydrogen) atoms. The number of aromatic nitrogens is 1. The highest BCUT2D eigenvalue weighted by Gasteiger charge is 2.36. The number of rotatable bonds is 5. The third kappa shape index (κ3) is 4.08. The number of anilines is 2. The van der Waals surface area contributed by atoms with Crippen molar-refractivity contribution < 1.29 is 23.9 Å². The maximum atomic E-state index is 12.7. The van der Waals surface area contributed by atoms with Gasteiger partial charge in [0.25, 0.3) is 17.7 Å². The Bertz CT molecular complexity index is 1210. The van der Waals surface area contributed by atoms with Gasteiger partial charge in [0.15, 0.2) is 6.10 Å². The molecule has 4 rings (SSSR count). The summed E-state index contributed by atoms with van der Waals surface area (Å²) in [6.07, 6.45) is 0.251. The second-order valence-electron chi connectivity index (χ2n) is 6.94. The smallest absolute Gasteiger partial charge is 0.338 e. The first-order valence-electron chi connectivity index (χ1n) is 9.56. The molecular weight excluding hydrogens is 434 g/mol. The molecule has 0 bridgehead atoms. The summed E-state index contributed by atoms with van der Waals surface area (Å²) in [5.74, 6) is -2.05. The molecule has 1 atom stereocenters. The van der Waals surface area contributed by atoms with E-state index in [1.54, 1.807) is 36.4 Å². The van der Waals surface area contributed by atoms with Gasteiger partial charge in [-0.15, -0.1) is 0 Å². The number of imide groups is 1. The van der Waals surface area contributed by atoms with Crippen molar-refractivity contribution in [3.8, 4) is 0 Å². The van der Waals surface area contributed by atoms with Crippen LogP contribution < -0.4 is 10.2 Å². The molecule has 3 aromatic rings. The summed E-state index contributed by atoms with van der Waals surface area (Å²) in [5.41, 5.74) is 0.912. The Morgan fingerprint density at radius 3 is 2.31 bits per heavy atom. The summed E-state index contributed by atoms with van der Waals surface area (Å²) in [6.45, 7) is 1.41. The lowest BCUT2D eigenvalue weighted by atomic mass is 10.1. The maximum Gasteiger partial charge on any atom is 0.338 e. The van der Waals surface area contributed by atoms with Gasteiger partial charge in [-0.05, 0) is 49.4 Å². The number of fused-ring (bicyclic) bond motifs is 1. The van der Waals surface area contributed by atoms with Crippen LogP contribution in [0.5, 0.6) is 0 Å². The van der Waals surface area contributed by atoms with Crippen molar-refractivity contribution in [2.45, 2.75) is 13.0 Å². The number of carbonyl (C=O) groups excluding carboxylic acids is 4. The molecule has 3 amide bonds. The van der Waals surface area contributed by atoms with Gasteiger partial charge in [0.05, 0.1) is 27.4 Å². The average Bonchev–Trinajstić information content (AvgIpc) is 3.05. The molecule has 1 N–H and O–H groups in total. The van der Waals surface area contributed by atoms with Gasteiger partial charge in [0, 0.05) is 6.20 Å². The van der Waals surface area contributed by atoms with E-state index in [1.165, 1.54) is 37.4 Å². The number of benzene rings is 2. The van der Waals surface area contributed by atoms with Gasteiger partial charge in [0.2, 0.25) is 0 Å². The van der Waals surface area contributed by atoms with Gasteiger partial charge in [-0.3, -0.25) is 14.4 Å². The van der Waals surface area contributed by atoms with Crippen molar-refractivity contribution in [3.63, 3.8) is 0 Å². The molecule has 2 heterocycles. The largest absolute Gasteiger partial charge is 0.449 e. The summed E-state index contributed by atoms with van der Waals surface area (Å²) in [4.78, 5) is 55.2. The highest BCUT2D eigenvalue weighted by molar-refractivity contribution is 6.34. The van der Waals surface area contributed by atoms with Crippen molar-refractivity contribution in [3.05, 3.63) is 88.6 Å². The number of carbonyl (C=O) groups is 4. The van der Waals surface area contributed by atoms with E-state index in [0.29, 0.717) is 16.1 Å². The summed E-state index contributed by atoms with van der Waals surface area (Å²) >= 11 is 5.76. The fraction of sp³-hybridized carbons (Fsp3) is 0.0870. The van der Waals surface area contributed by atoms with Gasteiger partial charge in [-0.1, -0.05) is 29.8 Å². The molecule has 0 aliphatic carbocycles. The van der Waals surface area contributed by atoms with Gasteiger partial charge in [0.1, 0.15) is 5.82 Å². The monoisotopic (exact) mass is 449 g/mol. The quantitative estimate of drug-likeness (QED) is 0.470. The van der Waals surface area contributed by atoms with Crippen LogP contribution in [0, 0.1) is 0 Å². The normalized spacial score (nSPS) is 13.5.